The van der Waals surface area contributed by atoms with E-state index in [1.807, 2.05) is 36.1 Å². The normalized spacial score (nSPS) is 10.2. The van der Waals surface area contributed by atoms with Gasteiger partial charge in [0.1, 0.15) is 0 Å². The minimum atomic E-state index is 0.0696. The van der Waals surface area contributed by atoms with E-state index in [2.05, 4.69) is 15.9 Å². The van der Waals surface area contributed by atoms with E-state index in [1.165, 1.54) is 0 Å². The molecule has 0 aromatic heterocycles. The van der Waals surface area contributed by atoms with Crippen LogP contribution in [-0.4, -0.2) is 29.8 Å². The number of nitrogens with zero attached hydrogens (tertiary/aromatic N) is 1. The highest BCUT2D eigenvalue weighted by Gasteiger charge is 2.12. The largest absolute Gasteiger partial charge is 0.339 e. The van der Waals surface area contributed by atoms with Gasteiger partial charge in [0.25, 0.3) is 5.91 Å². The highest BCUT2D eigenvalue weighted by atomic mass is 79.9. The lowest BCUT2D eigenvalue weighted by atomic mass is 10.2. The van der Waals surface area contributed by atoms with Gasteiger partial charge in [-0.25, -0.2) is 0 Å². The van der Waals surface area contributed by atoms with E-state index in [-0.39, 0.29) is 5.91 Å². The second kappa shape index (κ2) is 6.92. The quantitative estimate of drug-likeness (QED) is 0.762. The number of halogens is 2. The summed E-state index contributed by atoms with van der Waals surface area (Å²) >= 11 is 8.98. The SMILES string of the molecule is CCN(CCCCl)C(=O)c1ccc(Br)cc1. The Balaban J connectivity index is 2.70. The molecule has 0 radical (unpaired) electrons. The molecule has 0 bridgehead atoms. The number of carbonyl (C=O) groups is 1. The monoisotopic (exact) mass is 303 g/mol. The van der Waals surface area contributed by atoms with Crippen molar-refractivity contribution in [2.75, 3.05) is 19.0 Å². The van der Waals surface area contributed by atoms with Gasteiger partial charge >= 0.3 is 0 Å². The zero-order valence-electron chi connectivity index (χ0n) is 9.25. The molecule has 0 saturated heterocycles. The molecule has 4 heteroatoms. The molecule has 0 spiro atoms. The average molecular weight is 305 g/mol. The Morgan fingerprint density at radius 3 is 2.50 bits per heavy atom. The Kier molecular flexibility index (Phi) is 5.85. The van der Waals surface area contributed by atoms with Gasteiger partial charge in [0.05, 0.1) is 0 Å². The van der Waals surface area contributed by atoms with Gasteiger partial charge in [-0.3, -0.25) is 4.79 Å². The lowest BCUT2D eigenvalue weighted by Gasteiger charge is -2.20. The van der Waals surface area contributed by atoms with Crippen molar-refractivity contribution in [2.45, 2.75) is 13.3 Å². The molecule has 88 valence electrons. The molecule has 1 aromatic rings. The fourth-order valence-electron chi connectivity index (χ4n) is 1.43. The van der Waals surface area contributed by atoms with Crippen LogP contribution in [0.3, 0.4) is 0 Å². The van der Waals surface area contributed by atoms with Gasteiger partial charge in [0.15, 0.2) is 0 Å². The van der Waals surface area contributed by atoms with Crippen LogP contribution >= 0.6 is 27.5 Å². The van der Waals surface area contributed by atoms with Crippen LogP contribution in [-0.2, 0) is 0 Å². The Morgan fingerprint density at radius 1 is 1.38 bits per heavy atom. The van der Waals surface area contributed by atoms with E-state index in [4.69, 9.17) is 11.6 Å². The Bertz CT molecular complexity index is 339. The van der Waals surface area contributed by atoms with Crippen molar-refractivity contribution in [3.63, 3.8) is 0 Å². The van der Waals surface area contributed by atoms with Crippen LogP contribution in [0.4, 0.5) is 0 Å². The molecule has 0 unspecified atom stereocenters. The van der Waals surface area contributed by atoms with E-state index in [1.54, 1.807) is 0 Å². The summed E-state index contributed by atoms with van der Waals surface area (Å²) in [6.07, 6.45) is 0.831. The van der Waals surface area contributed by atoms with Crippen molar-refractivity contribution < 1.29 is 4.79 Å². The second-order valence-electron chi connectivity index (χ2n) is 3.43. The molecule has 0 saturated carbocycles. The maximum absolute atomic E-state index is 12.1. The first-order valence-electron chi connectivity index (χ1n) is 5.29. The summed E-state index contributed by atoms with van der Waals surface area (Å²) in [4.78, 5) is 13.9. The number of hydrogen-bond acceptors (Lipinski definition) is 1. The van der Waals surface area contributed by atoms with Crippen molar-refractivity contribution in [1.29, 1.82) is 0 Å². The number of carbonyl (C=O) groups excluding carboxylic acids is 1. The lowest BCUT2D eigenvalue weighted by Crippen LogP contribution is -2.31. The molecular weight excluding hydrogens is 289 g/mol. The van der Waals surface area contributed by atoms with Crippen LogP contribution < -0.4 is 0 Å². The van der Waals surface area contributed by atoms with E-state index in [0.717, 1.165) is 23.0 Å². The Morgan fingerprint density at radius 2 is 2.00 bits per heavy atom. The third kappa shape index (κ3) is 3.80. The van der Waals surface area contributed by atoms with Gasteiger partial charge in [-0.05, 0) is 37.6 Å². The molecule has 0 aliphatic rings. The van der Waals surface area contributed by atoms with Gasteiger partial charge in [-0.15, -0.1) is 11.6 Å². The first kappa shape index (κ1) is 13.5. The Labute approximate surface area is 110 Å². The van der Waals surface area contributed by atoms with Gasteiger partial charge < -0.3 is 4.90 Å². The van der Waals surface area contributed by atoms with Crippen LogP contribution in [0.25, 0.3) is 0 Å². The smallest absolute Gasteiger partial charge is 0.253 e. The Hall–Kier alpha value is -0.540. The molecule has 0 heterocycles. The summed E-state index contributed by atoms with van der Waals surface area (Å²) in [6, 6.07) is 7.41. The molecule has 2 nitrogen and oxygen atoms in total. The summed E-state index contributed by atoms with van der Waals surface area (Å²) in [7, 11) is 0. The van der Waals surface area contributed by atoms with Crippen molar-refractivity contribution in [2.24, 2.45) is 0 Å². The summed E-state index contributed by atoms with van der Waals surface area (Å²) in [6.45, 7) is 3.41. The predicted octanol–water partition coefficient (Wildman–Crippen LogP) is 3.54. The molecular formula is C12H15BrClNO. The van der Waals surface area contributed by atoms with Crippen molar-refractivity contribution in [3.8, 4) is 0 Å². The first-order valence-corrected chi connectivity index (χ1v) is 6.62. The minimum absolute atomic E-state index is 0.0696. The lowest BCUT2D eigenvalue weighted by molar-refractivity contribution is 0.0765. The number of benzene rings is 1. The van der Waals surface area contributed by atoms with Crippen LogP contribution in [0.15, 0.2) is 28.7 Å². The predicted molar refractivity (Wildman–Crippen MR) is 71.1 cm³/mol. The fourth-order valence-corrected chi connectivity index (χ4v) is 1.81. The van der Waals surface area contributed by atoms with E-state index in [0.29, 0.717) is 12.4 Å². The van der Waals surface area contributed by atoms with Crippen molar-refractivity contribution >= 4 is 33.4 Å². The highest BCUT2D eigenvalue weighted by molar-refractivity contribution is 9.10. The topological polar surface area (TPSA) is 20.3 Å². The highest BCUT2D eigenvalue weighted by Crippen LogP contribution is 2.12. The molecule has 0 fully saturated rings. The first-order chi connectivity index (χ1) is 7.69. The van der Waals surface area contributed by atoms with E-state index >= 15 is 0 Å². The van der Waals surface area contributed by atoms with E-state index < -0.39 is 0 Å². The zero-order valence-corrected chi connectivity index (χ0v) is 11.6. The fraction of sp³-hybridized carbons (Fsp3) is 0.417. The molecule has 1 aromatic carbocycles. The third-order valence-electron chi connectivity index (χ3n) is 2.32. The number of alkyl halides is 1. The number of hydrogen-bond donors (Lipinski definition) is 0. The molecule has 1 amide bonds. The van der Waals surface area contributed by atoms with Crippen LogP contribution in [0, 0.1) is 0 Å². The number of rotatable bonds is 5. The molecule has 0 aliphatic carbocycles. The molecule has 16 heavy (non-hydrogen) atoms. The molecule has 0 aliphatic heterocycles. The minimum Gasteiger partial charge on any atom is -0.339 e. The third-order valence-corrected chi connectivity index (χ3v) is 3.12. The van der Waals surface area contributed by atoms with E-state index in [9.17, 15) is 4.79 Å². The maximum Gasteiger partial charge on any atom is 0.253 e. The van der Waals surface area contributed by atoms with Crippen molar-refractivity contribution in [1.82, 2.24) is 4.90 Å². The van der Waals surface area contributed by atoms with Crippen LogP contribution in [0.5, 0.6) is 0 Å². The molecule has 1 rings (SSSR count). The summed E-state index contributed by atoms with van der Waals surface area (Å²) in [5.74, 6) is 0.657. The van der Waals surface area contributed by atoms with Crippen LogP contribution in [0.2, 0.25) is 0 Å². The maximum atomic E-state index is 12.1. The molecule has 0 atom stereocenters. The average Bonchev–Trinajstić information content (AvgIpc) is 2.30. The summed E-state index contributed by atoms with van der Waals surface area (Å²) in [5, 5.41) is 0. The van der Waals surface area contributed by atoms with Gasteiger partial charge in [0, 0.05) is 29.0 Å². The van der Waals surface area contributed by atoms with Gasteiger partial charge in [0.2, 0.25) is 0 Å². The summed E-state index contributed by atoms with van der Waals surface area (Å²) in [5.41, 5.74) is 0.722. The zero-order chi connectivity index (χ0) is 12.0. The second-order valence-corrected chi connectivity index (χ2v) is 4.73. The number of amides is 1. The van der Waals surface area contributed by atoms with Gasteiger partial charge in [-0.2, -0.15) is 0 Å². The van der Waals surface area contributed by atoms with Crippen LogP contribution in [0.1, 0.15) is 23.7 Å². The van der Waals surface area contributed by atoms with Gasteiger partial charge in [-0.1, -0.05) is 15.9 Å². The standard InChI is InChI=1S/C12H15BrClNO/c1-2-15(9-3-8-14)12(16)10-4-6-11(13)7-5-10/h4-7H,2-3,8-9H2,1H3. The molecule has 0 N–H and O–H groups in total. The summed E-state index contributed by atoms with van der Waals surface area (Å²) < 4.78 is 0.979. The van der Waals surface area contributed by atoms with Crippen molar-refractivity contribution in [3.05, 3.63) is 34.3 Å².